The van der Waals surface area contributed by atoms with Gasteiger partial charge in [0.15, 0.2) is 0 Å². The first kappa shape index (κ1) is 14.3. The summed E-state index contributed by atoms with van der Waals surface area (Å²) in [7, 11) is 0. The molecule has 0 unspecified atom stereocenters. The number of fused-ring (bicyclic) bond motifs is 1. The Morgan fingerprint density at radius 3 is 2.75 bits per heavy atom. The zero-order valence-electron chi connectivity index (χ0n) is 13.0. The number of H-pyrrole nitrogens is 2. The number of benzene rings is 2. The molecule has 2 aromatic heterocycles. The Balaban J connectivity index is 1.60. The monoisotopic (exact) mass is 319 g/mol. The Labute approximate surface area is 138 Å². The van der Waals surface area contributed by atoms with Gasteiger partial charge in [-0.05, 0) is 30.3 Å². The highest BCUT2D eigenvalue weighted by Crippen LogP contribution is 2.20. The number of aromatic nitrogens is 4. The van der Waals surface area contributed by atoms with Crippen molar-refractivity contribution < 1.29 is 0 Å². The van der Waals surface area contributed by atoms with Gasteiger partial charge in [-0.3, -0.25) is 4.57 Å². The molecule has 3 N–H and O–H groups in total. The smallest absolute Gasteiger partial charge is 0.326 e. The second-order valence-electron chi connectivity index (χ2n) is 5.63. The van der Waals surface area contributed by atoms with Crippen LogP contribution >= 0.6 is 0 Å². The minimum absolute atomic E-state index is 0.0959. The molecule has 4 aromatic rings. The Kier molecular flexibility index (Phi) is 3.63. The van der Waals surface area contributed by atoms with Crippen LogP contribution in [-0.2, 0) is 13.0 Å². The van der Waals surface area contributed by atoms with Crippen molar-refractivity contribution in [2.75, 3.05) is 5.32 Å². The normalized spacial score (nSPS) is 11.0. The van der Waals surface area contributed by atoms with Gasteiger partial charge in [-0.15, -0.1) is 0 Å². The van der Waals surface area contributed by atoms with Crippen LogP contribution in [0.1, 0.15) is 5.69 Å². The number of hydrogen-bond donors (Lipinski definition) is 3. The summed E-state index contributed by atoms with van der Waals surface area (Å²) < 4.78 is 1.75. The fraction of sp³-hybridized carbons (Fsp3) is 0.111. The molecule has 0 aliphatic carbocycles. The van der Waals surface area contributed by atoms with E-state index in [-0.39, 0.29) is 5.69 Å². The number of aromatic amines is 2. The van der Waals surface area contributed by atoms with Gasteiger partial charge in [-0.1, -0.05) is 18.2 Å². The zero-order chi connectivity index (χ0) is 16.4. The maximum Gasteiger partial charge on any atom is 0.326 e. The number of nitrogens with zero attached hydrogens (tertiary/aromatic N) is 2. The molecule has 0 radical (unpaired) electrons. The number of hydrogen-bond acceptors (Lipinski definition) is 3. The van der Waals surface area contributed by atoms with Crippen LogP contribution in [0.2, 0.25) is 0 Å². The first-order valence-electron chi connectivity index (χ1n) is 7.81. The molecule has 24 heavy (non-hydrogen) atoms. The van der Waals surface area contributed by atoms with Crippen LogP contribution in [0.25, 0.3) is 11.0 Å². The van der Waals surface area contributed by atoms with E-state index in [1.807, 2.05) is 48.5 Å². The number of aryl methyl sites for hydroxylation is 2. The van der Waals surface area contributed by atoms with Gasteiger partial charge in [0.25, 0.3) is 0 Å². The van der Waals surface area contributed by atoms with Crippen LogP contribution < -0.4 is 11.0 Å². The number of nitrogens with one attached hydrogen (secondary N) is 3. The molecular formula is C18H17N5O. The van der Waals surface area contributed by atoms with Crippen LogP contribution in [0.15, 0.2) is 65.8 Å². The number of rotatable bonds is 5. The van der Waals surface area contributed by atoms with Gasteiger partial charge < -0.3 is 15.3 Å². The van der Waals surface area contributed by atoms with Crippen LogP contribution in [0, 0.1) is 0 Å². The Morgan fingerprint density at radius 1 is 1.08 bits per heavy atom. The Hall–Kier alpha value is -3.28. The van der Waals surface area contributed by atoms with Gasteiger partial charge in [-0.25, -0.2) is 9.78 Å². The van der Waals surface area contributed by atoms with E-state index in [4.69, 9.17) is 0 Å². The predicted molar refractivity (Wildman–Crippen MR) is 94.6 cm³/mol. The third-order valence-electron chi connectivity index (χ3n) is 4.00. The van der Waals surface area contributed by atoms with E-state index in [0.717, 1.165) is 34.5 Å². The lowest BCUT2D eigenvalue weighted by molar-refractivity contribution is 0.683. The minimum Gasteiger partial charge on any atom is -0.355 e. The van der Waals surface area contributed by atoms with Crippen molar-refractivity contribution in [1.82, 2.24) is 19.5 Å². The highest BCUT2D eigenvalue weighted by Gasteiger charge is 2.08. The van der Waals surface area contributed by atoms with Crippen molar-refractivity contribution in [3.63, 3.8) is 0 Å². The van der Waals surface area contributed by atoms with Gasteiger partial charge in [0.1, 0.15) is 0 Å². The van der Waals surface area contributed by atoms with Crippen LogP contribution in [0.4, 0.5) is 11.4 Å². The average molecular weight is 319 g/mol. The standard InChI is InChI=1S/C18H17N5O/c24-18-22-16-10-14(21-13-4-2-1-3-5-13)6-7-17(16)23(18)9-8-15-11-19-12-20-15/h1-7,10-12,21H,8-9H2,(H,19,20)(H,22,24). The molecule has 0 bridgehead atoms. The molecule has 0 fully saturated rings. The zero-order valence-corrected chi connectivity index (χ0v) is 13.0. The first-order chi connectivity index (χ1) is 11.8. The van der Waals surface area contributed by atoms with Crippen molar-refractivity contribution in [3.8, 4) is 0 Å². The lowest BCUT2D eigenvalue weighted by Gasteiger charge is -2.07. The second-order valence-corrected chi connectivity index (χ2v) is 5.63. The molecule has 0 atom stereocenters. The number of anilines is 2. The fourth-order valence-corrected chi connectivity index (χ4v) is 2.81. The molecule has 0 saturated heterocycles. The molecule has 0 aliphatic rings. The molecule has 6 heteroatoms. The average Bonchev–Trinajstić information content (AvgIpc) is 3.21. The van der Waals surface area contributed by atoms with Crippen molar-refractivity contribution in [1.29, 1.82) is 0 Å². The molecule has 4 rings (SSSR count). The minimum atomic E-state index is -0.0959. The molecule has 120 valence electrons. The van der Waals surface area contributed by atoms with Crippen LogP contribution in [0.3, 0.4) is 0 Å². The maximum atomic E-state index is 12.2. The summed E-state index contributed by atoms with van der Waals surface area (Å²) >= 11 is 0. The lowest BCUT2D eigenvalue weighted by atomic mass is 10.2. The largest absolute Gasteiger partial charge is 0.355 e. The summed E-state index contributed by atoms with van der Waals surface area (Å²) in [5, 5.41) is 3.33. The number of imidazole rings is 2. The molecule has 2 heterocycles. The SMILES string of the molecule is O=c1[nH]c2cc(Nc3ccccc3)ccc2n1CCc1cnc[nH]1. The summed E-state index contributed by atoms with van der Waals surface area (Å²) in [6.45, 7) is 0.604. The topological polar surface area (TPSA) is 78.5 Å². The third-order valence-corrected chi connectivity index (χ3v) is 4.00. The quantitative estimate of drug-likeness (QED) is 0.529. The summed E-state index contributed by atoms with van der Waals surface area (Å²) in [5.41, 5.74) is 4.59. The van der Waals surface area contributed by atoms with E-state index >= 15 is 0 Å². The summed E-state index contributed by atoms with van der Waals surface area (Å²) in [4.78, 5) is 22.2. The van der Waals surface area contributed by atoms with E-state index in [1.54, 1.807) is 17.1 Å². The Morgan fingerprint density at radius 2 is 1.96 bits per heavy atom. The maximum absolute atomic E-state index is 12.2. The molecule has 0 amide bonds. The van der Waals surface area contributed by atoms with E-state index in [2.05, 4.69) is 20.3 Å². The third kappa shape index (κ3) is 2.81. The van der Waals surface area contributed by atoms with E-state index in [9.17, 15) is 4.79 Å². The lowest BCUT2D eigenvalue weighted by Crippen LogP contribution is -2.17. The van der Waals surface area contributed by atoms with Gasteiger partial charge in [0.2, 0.25) is 0 Å². The van der Waals surface area contributed by atoms with Gasteiger partial charge in [-0.2, -0.15) is 0 Å². The highest BCUT2D eigenvalue weighted by atomic mass is 16.1. The molecule has 0 saturated carbocycles. The molecular weight excluding hydrogens is 302 g/mol. The van der Waals surface area contributed by atoms with Crippen molar-refractivity contribution in [2.45, 2.75) is 13.0 Å². The first-order valence-corrected chi connectivity index (χ1v) is 7.81. The molecule has 0 aliphatic heterocycles. The van der Waals surface area contributed by atoms with Crippen molar-refractivity contribution >= 4 is 22.4 Å². The van der Waals surface area contributed by atoms with Crippen molar-refractivity contribution in [2.24, 2.45) is 0 Å². The Bertz CT molecular complexity index is 999. The van der Waals surface area contributed by atoms with E-state index in [1.165, 1.54) is 0 Å². The van der Waals surface area contributed by atoms with Gasteiger partial charge in [0.05, 0.1) is 17.4 Å². The molecule has 2 aromatic carbocycles. The summed E-state index contributed by atoms with van der Waals surface area (Å²) in [6, 6.07) is 15.8. The summed E-state index contributed by atoms with van der Waals surface area (Å²) in [6.07, 6.45) is 4.16. The fourth-order valence-electron chi connectivity index (χ4n) is 2.81. The van der Waals surface area contributed by atoms with Crippen LogP contribution in [-0.4, -0.2) is 19.5 Å². The second kappa shape index (κ2) is 6.08. The highest BCUT2D eigenvalue weighted by molar-refractivity contribution is 5.80. The summed E-state index contributed by atoms with van der Waals surface area (Å²) in [5.74, 6) is 0. The predicted octanol–water partition coefficient (Wildman–Crippen LogP) is 3.04. The van der Waals surface area contributed by atoms with Gasteiger partial charge in [0, 0.05) is 36.2 Å². The van der Waals surface area contributed by atoms with Crippen molar-refractivity contribution in [3.05, 3.63) is 77.2 Å². The van der Waals surface area contributed by atoms with Gasteiger partial charge >= 0.3 is 5.69 Å². The molecule has 0 spiro atoms. The van der Waals surface area contributed by atoms with Crippen LogP contribution in [0.5, 0.6) is 0 Å². The molecule has 6 nitrogen and oxygen atoms in total. The van der Waals surface area contributed by atoms with E-state index in [0.29, 0.717) is 6.54 Å². The number of para-hydroxylation sites is 1. The van der Waals surface area contributed by atoms with E-state index < -0.39 is 0 Å².